The van der Waals surface area contributed by atoms with E-state index in [-0.39, 0.29) is 6.42 Å². The van der Waals surface area contributed by atoms with Gasteiger partial charge in [-0.15, -0.1) is 0 Å². The molecule has 0 saturated carbocycles. The summed E-state index contributed by atoms with van der Waals surface area (Å²) in [6, 6.07) is 20.9. The van der Waals surface area contributed by atoms with Crippen LogP contribution in [0.1, 0.15) is 16.7 Å². The SMILES string of the molecule is CN(C(=O)[C@H](Cc1cccc(C=NN)c1)Nc1ccc(-c2cccc(Cl)c2C#N)cc1)S(C)(=O)=O.O=C(O)C(F)(F)F. The van der Waals surface area contributed by atoms with Gasteiger partial charge in [-0.05, 0) is 34.9 Å². The molecule has 4 N–H and O–H groups in total. The number of nitrogens with zero attached hydrogens (tertiary/aromatic N) is 3. The van der Waals surface area contributed by atoms with Gasteiger partial charge in [-0.1, -0.05) is 60.1 Å². The summed E-state index contributed by atoms with van der Waals surface area (Å²) >= 11 is 6.15. The molecule has 3 aromatic rings. The van der Waals surface area contributed by atoms with E-state index in [2.05, 4.69) is 16.5 Å². The summed E-state index contributed by atoms with van der Waals surface area (Å²) in [6.07, 6.45) is -2.40. The number of hydrogen-bond acceptors (Lipinski definition) is 8. The zero-order valence-electron chi connectivity index (χ0n) is 22.1. The van der Waals surface area contributed by atoms with Gasteiger partial charge in [0.25, 0.3) is 5.91 Å². The average molecular weight is 624 g/mol. The fraction of sp³-hybridized carbons (Fsp3) is 0.185. The van der Waals surface area contributed by atoms with Crippen LogP contribution in [0.15, 0.2) is 71.8 Å². The van der Waals surface area contributed by atoms with Gasteiger partial charge in [0.1, 0.15) is 12.1 Å². The number of carboxylic acid groups (broad SMARTS) is 1. The maximum Gasteiger partial charge on any atom is 0.490 e. The van der Waals surface area contributed by atoms with Crippen molar-refractivity contribution in [3.05, 3.63) is 88.4 Å². The Labute approximate surface area is 244 Å². The molecule has 0 spiro atoms. The predicted molar refractivity (Wildman–Crippen MR) is 152 cm³/mol. The van der Waals surface area contributed by atoms with E-state index in [4.69, 9.17) is 27.3 Å². The number of likely N-dealkylation sites (N-methyl/N-ethyl adjacent to an activating group) is 1. The second-order valence-corrected chi connectivity index (χ2v) is 11.1. The van der Waals surface area contributed by atoms with Crippen LogP contribution in [0.2, 0.25) is 5.02 Å². The lowest BCUT2D eigenvalue weighted by Crippen LogP contribution is -2.44. The molecule has 10 nitrogen and oxygen atoms in total. The van der Waals surface area contributed by atoms with Crippen LogP contribution < -0.4 is 11.2 Å². The lowest BCUT2D eigenvalue weighted by atomic mass is 9.99. The zero-order chi connectivity index (χ0) is 31.7. The topological polar surface area (TPSA) is 166 Å². The molecule has 0 radical (unpaired) electrons. The Bertz CT molecular complexity index is 1610. The molecule has 3 aromatic carbocycles. The van der Waals surface area contributed by atoms with Crippen molar-refractivity contribution in [1.82, 2.24) is 4.31 Å². The first-order valence-corrected chi connectivity index (χ1v) is 14.0. The number of carboxylic acids is 1. The van der Waals surface area contributed by atoms with Gasteiger partial charge in [0, 0.05) is 24.7 Å². The van der Waals surface area contributed by atoms with Gasteiger partial charge >= 0.3 is 12.1 Å². The number of aliphatic carboxylic acids is 1. The van der Waals surface area contributed by atoms with Gasteiger partial charge in [0.05, 0.1) is 23.1 Å². The second kappa shape index (κ2) is 14.3. The van der Waals surface area contributed by atoms with Gasteiger partial charge in [0.2, 0.25) is 10.0 Å². The first-order valence-electron chi connectivity index (χ1n) is 11.7. The molecule has 0 aliphatic heterocycles. The Kier molecular flexibility index (Phi) is 11.5. The number of hydrogen-bond donors (Lipinski definition) is 3. The third kappa shape index (κ3) is 9.50. The fourth-order valence-corrected chi connectivity index (χ4v) is 4.20. The number of halogens is 4. The van der Waals surface area contributed by atoms with E-state index < -0.39 is 34.1 Å². The average Bonchev–Trinajstić information content (AvgIpc) is 2.92. The molecular weight excluding hydrogens is 599 g/mol. The van der Waals surface area contributed by atoms with Crippen LogP contribution in [0, 0.1) is 11.3 Å². The highest BCUT2D eigenvalue weighted by Crippen LogP contribution is 2.29. The highest BCUT2D eigenvalue weighted by molar-refractivity contribution is 7.88. The molecule has 0 aromatic heterocycles. The Morgan fingerprint density at radius 1 is 1.17 bits per heavy atom. The molecule has 0 aliphatic carbocycles. The van der Waals surface area contributed by atoms with Gasteiger partial charge < -0.3 is 16.3 Å². The normalized spacial score (nSPS) is 12.0. The minimum absolute atomic E-state index is 0.222. The van der Waals surface area contributed by atoms with E-state index >= 15 is 0 Å². The summed E-state index contributed by atoms with van der Waals surface area (Å²) < 4.78 is 56.5. The minimum Gasteiger partial charge on any atom is -0.475 e. The smallest absolute Gasteiger partial charge is 0.475 e. The van der Waals surface area contributed by atoms with Crippen LogP contribution in [-0.2, 0) is 26.0 Å². The highest BCUT2D eigenvalue weighted by atomic mass is 35.5. The van der Waals surface area contributed by atoms with E-state index in [1.54, 1.807) is 48.5 Å². The number of alkyl halides is 3. The van der Waals surface area contributed by atoms with Crippen molar-refractivity contribution in [2.24, 2.45) is 10.9 Å². The van der Waals surface area contributed by atoms with Crippen LogP contribution in [0.3, 0.4) is 0 Å². The minimum atomic E-state index is -5.08. The number of anilines is 1. The highest BCUT2D eigenvalue weighted by Gasteiger charge is 2.38. The number of rotatable bonds is 8. The molecule has 1 amide bonds. The Morgan fingerprint density at radius 3 is 2.29 bits per heavy atom. The third-order valence-electron chi connectivity index (χ3n) is 5.63. The number of hydrazone groups is 1. The molecule has 0 aliphatic rings. The van der Waals surface area contributed by atoms with Crippen molar-refractivity contribution in [3.63, 3.8) is 0 Å². The molecule has 0 saturated heterocycles. The largest absolute Gasteiger partial charge is 0.490 e. The molecular formula is C27H25ClF3N5O5S. The Balaban J connectivity index is 0.000000782. The first kappa shape index (κ1) is 33.6. The maximum absolute atomic E-state index is 13.1. The van der Waals surface area contributed by atoms with Crippen molar-refractivity contribution in [3.8, 4) is 17.2 Å². The summed E-state index contributed by atoms with van der Waals surface area (Å²) in [5, 5.41) is 23.6. The summed E-state index contributed by atoms with van der Waals surface area (Å²) in [5.74, 6) is 1.88. The number of carbonyl (C=O) groups excluding carboxylic acids is 1. The summed E-state index contributed by atoms with van der Waals surface area (Å²) in [5.41, 5.74) is 4.00. The van der Waals surface area contributed by atoms with Crippen molar-refractivity contribution in [1.29, 1.82) is 5.26 Å². The number of carbonyl (C=O) groups is 2. The molecule has 3 rings (SSSR count). The second-order valence-electron chi connectivity index (χ2n) is 8.65. The van der Waals surface area contributed by atoms with E-state index in [0.717, 1.165) is 27.3 Å². The van der Waals surface area contributed by atoms with Crippen LogP contribution in [0.4, 0.5) is 18.9 Å². The van der Waals surface area contributed by atoms with Gasteiger partial charge in [-0.3, -0.25) is 4.79 Å². The van der Waals surface area contributed by atoms with Gasteiger partial charge in [-0.25, -0.2) is 17.5 Å². The predicted octanol–water partition coefficient (Wildman–Crippen LogP) is 4.25. The van der Waals surface area contributed by atoms with E-state index in [1.165, 1.54) is 13.3 Å². The van der Waals surface area contributed by atoms with Crippen molar-refractivity contribution < 1.29 is 36.3 Å². The number of nitriles is 1. The number of nitrogens with one attached hydrogen (secondary N) is 1. The molecule has 15 heteroatoms. The maximum atomic E-state index is 13.1. The van der Waals surface area contributed by atoms with Crippen LogP contribution >= 0.6 is 11.6 Å². The fourth-order valence-electron chi connectivity index (χ4n) is 3.53. The lowest BCUT2D eigenvalue weighted by Gasteiger charge is -2.24. The molecule has 0 fully saturated rings. The molecule has 0 unspecified atom stereocenters. The molecule has 42 heavy (non-hydrogen) atoms. The quantitative estimate of drug-likeness (QED) is 0.190. The van der Waals surface area contributed by atoms with Crippen LogP contribution in [-0.4, -0.2) is 61.4 Å². The van der Waals surface area contributed by atoms with E-state index in [9.17, 15) is 31.6 Å². The summed E-state index contributed by atoms with van der Waals surface area (Å²) in [6.45, 7) is 0. The molecule has 222 valence electrons. The number of benzene rings is 3. The van der Waals surface area contributed by atoms with Crippen molar-refractivity contribution >= 4 is 45.4 Å². The van der Waals surface area contributed by atoms with Crippen LogP contribution in [0.25, 0.3) is 11.1 Å². The lowest BCUT2D eigenvalue weighted by molar-refractivity contribution is -0.192. The zero-order valence-corrected chi connectivity index (χ0v) is 23.7. The molecule has 0 bridgehead atoms. The third-order valence-corrected chi connectivity index (χ3v) is 7.11. The Morgan fingerprint density at radius 2 is 1.76 bits per heavy atom. The number of sulfonamides is 1. The summed E-state index contributed by atoms with van der Waals surface area (Å²) in [4.78, 5) is 22.0. The summed E-state index contributed by atoms with van der Waals surface area (Å²) in [7, 11) is -2.51. The number of nitrogens with two attached hydrogens (primary N) is 1. The van der Waals surface area contributed by atoms with Gasteiger partial charge in [0.15, 0.2) is 0 Å². The number of amides is 1. The first-order chi connectivity index (χ1) is 19.6. The van der Waals surface area contributed by atoms with E-state index in [1.807, 2.05) is 18.2 Å². The van der Waals surface area contributed by atoms with Crippen LogP contribution in [0.5, 0.6) is 0 Å². The molecule has 1 atom stereocenters. The van der Waals surface area contributed by atoms with Gasteiger partial charge in [-0.2, -0.15) is 23.5 Å². The van der Waals surface area contributed by atoms with Crippen molar-refractivity contribution in [2.45, 2.75) is 18.6 Å². The standard InChI is InChI=1S/C25H24ClN5O3S.C2HF3O2/c1-31(35(2,33)34)25(32)24(14-17-5-3-6-18(13-17)16-29-28)30-20-11-9-19(10-12-20)21-7-4-8-23(26)22(21)15-27;3-2(4,5)1(6)7/h3-13,16,24,30H,14,28H2,1-2H3;(H,6,7)/t24-;/m0./s1. The van der Waals surface area contributed by atoms with E-state index in [0.29, 0.717) is 21.8 Å². The molecule has 0 heterocycles. The van der Waals surface area contributed by atoms with Crippen molar-refractivity contribution in [2.75, 3.05) is 18.6 Å². The Hall–Kier alpha value is -4.61. The monoisotopic (exact) mass is 623 g/mol.